The molecule has 0 bridgehead atoms. The second-order valence-electron chi connectivity index (χ2n) is 15.8. The van der Waals surface area contributed by atoms with Crippen LogP contribution in [-0.4, -0.2) is 9.13 Å². The van der Waals surface area contributed by atoms with Crippen molar-refractivity contribution in [1.82, 2.24) is 9.13 Å². The summed E-state index contributed by atoms with van der Waals surface area (Å²) in [6, 6.07) is 74.2. The van der Waals surface area contributed by atoms with Gasteiger partial charge in [-0.15, -0.1) is 0 Å². The Kier molecular flexibility index (Phi) is 7.01. The van der Waals surface area contributed by atoms with Crippen molar-refractivity contribution in [3.05, 3.63) is 212 Å². The molecule has 12 aromatic rings. The third kappa shape index (κ3) is 4.80. The smallest absolute Gasteiger partial charge is 0.159 e. The number of benzene rings is 9. The number of aromatic nitrogens is 2. The maximum Gasteiger partial charge on any atom is 0.159 e. The Hall–Kier alpha value is -8.02. The van der Waals surface area contributed by atoms with E-state index >= 15 is 0 Å². The number of furan rings is 1. The number of hydrogen-bond donors (Lipinski definition) is 1. The van der Waals surface area contributed by atoms with Crippen LogP contribution in [0.25, 0.3) is 88.1 Å². The Morgan fingerprint density at radius 3 is 1.72 bits per heavy atom. The standard InChI is InChI=1S/C55H36N4O/c1-3-14-38(15-4-1)57-47-22-10-7-18-40(47)44-34-52-45(33-51(44)57)41-19-8-11-23-48(41)59(52)50-25-13-20-43-42-31-30-37(32-53(42)60-54(43)50)35-26-28-36(29-27-35)55-56-46-21-9-12-24-49(46)58(55)39-16-5-2-6-17-39/h1-34,55-56H. The van der Waals surface area contributed by atoms with Crippen LogP contribution in [0.2, 0.25) is 0 Å². The van der Waals surface area contributed by atoms with E-state index in [1.807, 2.05) is 0 Å². The van der Waals surface area contributed by atoms with Gasteiger partial charge in [0.15, 0.2) is 5.58 Å². The quantitative estimate of drug-likeness (QED) is 0.189. The minimum Gasteiger partial charge on any atom is -0.454 e. The van der Waals surface area contributed by atoms with Gasteiger partial charge >= 0.3 is 0 Å². The molecule has 5 heteroatoms. The van der Waals surface area contributed by atoms with E-state index in [1.54, 1.807) is 0 Å². The van der Waals surface area contributed by atoms with Crippen LogP contribution in [0.3, 0.4) is 0 Å². The van der Waals surface area contributed by atoms with E-state index in [0.717, 1.165) is 66.8 Å². The molecule has 1 aliphatic rings. The van der Waals surface area contributed by atoms with Crippen molar-refractivity contribution in [1.29, 1.82) is 0 Å². The van der Waals surface area contributed by atoms with Crippen molar-refractivity contribution in [2.75, 3.05) is 10.2 Å². The number of anilines is 3. The van der Waals surface area contributed by atoms with E-state index < -0.39 is 0 Å². The molecule has 282 valence electrons. The molecule has 0 aliphatic carbocycles. The van der Waals surface area contributed by atoms with E-state index in [1.165, 1.54) is 43.8 Å². The number of para-hydroxylation sites is 7. The predicted octanol–water partition coefficient (Wildman–Crippen LogP) is 14.7. The molecule has 1 aliphatic heterocycles. The molecular formula is C55H36N4O. The van der Waals surface area contributed by atoms with Crippen LogP contribution in [-0.2, 0) is 0 Å². The molecule has 5 nitrogen and oxygen atoms in total. The molecule has 1 unspecified atom stereocenters. The lowest BCUT2D eigenvalue weighted by Gasteiger charge is -2.27. The van der Waals surface area contributed by atoms with E-state index in [4.69, 9.17) is 4.42 Å². The third-order valence-electron chi connectivity index (χ3n) is 12.5. The molecule has 9 aromatic carbocycles. The average Bonchev–Trinajstić information content (AvgIpc) is 4.06. The van der Waals surface area contributed by atoms with Crippen LogP contribution in [0.15, 0.2) is 211 Å². The lowest BCUT2D eigenvalue weighted by atomic mass is 10.0. The van der Waals surface area contributed by atoms with E-state index in [-0.39, 0.29) is 6.17 Å². The molecule has 13 rings (SSSR count). The summed E-state index contributed by atoms with van der Waals surface area (Å²) in [5, 5.41) is 10.8. The van der Waals surface area contributed by atoms with Crippen LogP contribution in [0.5, 0.6) is 0 Å². The van der Waals surface area contributed by atoms with E-state index in [0.29, 0.717) is 0 Å². The highest BCUT2D eigenvalue weighted by molar-refractivity contribution is 6.20. The first-order valence-electron chi connectivity index (χ1n) is 20.5. The molecule has 60 heavy (non-hydrogen) atoms. The van der Waals surface area contributed by atoms with Crippen molar-refractivity contribution in [3.63, 3.8) is 0 Å². The van der Waals surface area contributed by atoms with Crippen molar-refractivity contribution in [3.8, 4) is 22.5 Å². The number of nitrogens with zero attached hydrogens (tertiary/aromatic N) is 3. The molecular weight excluding hydrogens is 733 g/mol. The minimum atomic E-state index is -0.0189. The van der Waals surface area contributed by atoms with Crippen LogP contribution >= 0.6 is 0 Å². The predicted molar refractivity (Wildman–Crippen MR) is 249 cm³/mol. The summed E-state index contributed by atoms with van der Waals surface area (Å²) in [5.41, 5.74) is 15.5. The average molecular weight is 769 g/mol. The van der Waals surface area contributed by atoms with Crippen LogP contribution in [0, 0.1) is 0 Å². The monoisotopic (exact) mass is 768 g/mol. The molecule has 0 amide bonds. The van der Waals surface area contributed by atoms with Crippen molar-refractivity contribution < 1.29 is 4.42 Å². The summed E-state index contributed by atoms with van der Waals surface area (Å²) in [7, 11) is 0. The van der Waals surface area contributed by atoms with Gasteiger partial charge in [0.1, 0.15) is 11.7 Å². The van der Waals surface area contributed by atoms with Crippen LogP contribution < -0.4 is 10.2 Å². The summed E-state index contributed by atoms with van der Waals surface area (Å²) in [6.07, 6.45) is -0.0189. The zero-order valence-corrected chi connectivity index (χ0v) is 32.5. The summed E-state index contributed by atoms with van der Waals surface area (Å²) in [6.45, 7) is 0. The number of fused-ring (bicyclic) bond motifs is 10. The Labute approximate surface area is 345 Å². The SMILES string of the molecule is c1ccc(N2c3ccccc3NC2c2ccc(-c3ccc4c(c3)oc3c(-n5c6ccccc6c6cc7c(cc65)c5ccccc5n7-c5ccccc5)cccc34)cc2)cc1. The van der Waals surface area contributed by atoms with Gasteiger partial charge < -0.3 is 23.8 Å². The molecule has 0 spiro atoms. The van der Waals surface area contributed by atoms with Crippen molar-refractivity contribution in [2.45, 2.75) is 6.17 Å². The summed E-state index contributed by atoms with van der Waals surface area (Å²) in [4.78, 5) is 2.38. The fourth-order valence-corrected chi connectivity index (χ4v) is 9.81. The van der Waals surface area contributed by atoms with E-state index in [2.05, 4.69) is 226 Å². The second kappa shape index (κ2) is 12.7. The summed E-state index contributed by atoms with van der Waals surface area (Å²) >= 11 is 0. The van der Waals surface area contributed by atoms with Crippen LogP contribution in [0.4, 0.5) is 17.1 Å². The summed E-state index contributed by atoms with van der Waals surface area (Å²) in [5.74, 6) is 0. The number of rotatable bonds is 5. The maximum atomic E-state index is 6.95. The first-order valence-corrected chi connectivity index (χ1v) is 20.5. The Morgan fingerprint density at radius 2 is 0.967 bits per heavy atom. The fraction of sp³-hybridized carbons (Fsp3) is 0.0182. The van der Waals surface area contributed by atoms with E-state index in [9.17, 15) is 0 Å². The first kappa shape index (κ1) is 33.0. The largest absolute Gasteiger partial charge is 0.454 e. The normalized spacial score (nSPS) is 13.9. The number of nitrogens with one attached hydrogen (secondary N) is 1. The van der Waals surface area contributed by atoms with Gasteiger partial charge in [-0.05, 0) is 95.6 Å². The summed E-state index contributed by atoms with van der Waals surface area (Å²) < 4.78 is 11.7. The first-order chi connectivity index (χ1) is 29.8. The molecule has 3 aromatic heterocycles. The van der Waals surface area contributed by atoms with Crippen LogP contribution in [0.1, 0.15) is 11.7 Å². The highest BCUT2D eigenvalue weighted by Gasteiger charge is 2.31. The lowest BCUT2D eigenvalue weighted by molar-refractivity contribution is 0.666. The molecule has 0 radical (unpaired) electrons. The van der Waals surface area contributed by atoms with Gasteiger partial charge in [0, 0.05) is 43.7 Å². The zero-order chi connectivity index (χ0) is 39.3. The molecule has 0 fully saturated rings. The van der Waals surface area contributed by atoms with Gasteiger partial charge in [0.25, 0.3) is 0 Å². The van der Waals surface area contributed by atoms with Gasteiger partial charge in [0.05, 0.1) is 39.1 Å². The minimum absolute atomic E-state index is 0.0189. The lowest BCUT2D eigenvalue weighted by Crippen LogP contribution is -2.23. The maximum absolute atomic E-state index is 6.95. The molecule has 1 N–H and O–H groups in total. The second-order valence-corrected chi connectivity index (χ2v) is 15.8. The van der Waals surface area contributed by atoms with Gasteiger partial charge in [-0.3, -0.25) is 0 Å². The van der Waals surface area contributed by atoms with Gasteiger partial charge in [-0.25, -0.2) is 0 Å². The van der Waals surface area contributed by atoms with Crippen molar-refractivity contribution >= 4 is 82.6 Å². The topological polar surface area (TPSA) is 38.3 Å². The third-order valence-corrected chi connectivity index (χ3v) is 12.5. The fourth-order valence-electron chi connectivity index (χ4n) is 9.81. The Balaban J connectivity index is 0.933. The zero-order valence-electron chi connectivity index (χ0n) is 32.5. The number of hydrogen-bond acceptors (Lipinski definition) is 3. The van der Waals surface area contributed by atoms with Gasteiger partial charge in [0.2, 0.25) is 0 Å². The van der Waals surface area contributed by atoms with Crippen molar-refractivity contribution in [2.24, 2.45) is 0 Å². The van der Waals surface area contributed by atoms with Gasteiger partial charge in [-0.2, -0.15) is 0 Å². The highest BCUT2D eigenvalue weighted by atomic mass is 16.3. The van der Waals surface area contributed by atoms with Gasteiger partial charge in [-0.1, -0.05) is 127 Å². The molecule has 0 saturated carbocycles. The molecule has 4 heterocycles. The molecule has 0 saturated heterocycles. The highest BCUT2D eigenvalue weighted by Crippen LogP contribution is 2.47. The Morgan fingerprint density at radius 1 is 0.383 bits per heavy atom. The Bertz CT molecular complexity index is 3630. The molecule has 1 atom stereocenters.